The van der Waals surface area contributed by atoms with Gasteiger partial charge in [0.15, 0.2) is 6.29 Å². The van der Waals surface area contributed by atoms with Crippen LogP contribution in [0.3, 0.4) is 0 Å². The number of aliphatic hydroxyl groups is 5. The standard InChI is InChI=1S/C6H12O6.Zr/c7-1-3(9)5(11)6(12)4(10)2-8;/h1,3-6,8-12H,2H2;. The minimum absolute atomic E-state index is 0. The third-order valence-electron chi connectivity index (χ3n) is 1.42. The Labute approximate surface area is 93.9 Å². The summed E-state index contributed by atoms with van der Waals surface area (Å²) < 4.78 is 0. The summed E-state index contributed by atoms with van der Waals surface area (Å²) in [7, 11) is 0. The summed E-state index contributed by atoms with van der Waals surface area (Å²) in [5.41, 5.74) is 0. The van der Waals surface area contributed by atoms with Gasteiger partial charge in [-0.3, -0.25) is 0 Å². The number of carbonyl (C=O) groups excluding carboxylic acids is 1. The first-order chi connectivity index (χ1) is 5.54. The van der Waals surface area contributed by atoms with Crippen molar-refractivity contribution in [2.24, 2.45) is 0 Å². The van der Waals surface area contributed by atoms with E-state index in [2.05, 4.69) is 0 Å². The number of rotatable bonds is 5. The number of aliphatic hydroxyl groups excluding tert-OH is 5. The largest absolute Gasteiger partial charge is 0.394 e. The average Bonchev–Trinajstić information content (AvgIpc) is 2.12. The van der Waals surface area contributed by atoms with E-state index in [1.54, 1.807) is 0 Å². The quantitative estimate of drug-likeness (QED) is 0.333. The van der Waals surface area contributed by atoms with Gasteiger partial charge in [0.1, 0.15) is 24.4 Å². The molecule has 4 atom stereocenters. The van der Waals surface area contributed by atoms with E-state index in [1.165, 1.54) is 0 Å². The fourth-order valence-electron chi connectivity index (χ4n) is 0.618. The van der Waals surface area contributed by atoms with E-state index >= 15 is 0 Å². The number of hydrogen-bond acceptors (Lipinski definition) is 6. The first-order valence-corrected chi connectivity index (χ1v) is 3.33. The molecule has 6 nitrogen and oxygen atoms in total. The van der Waals surface area contributed by atoms with Crippen molar-refractivity contribution >= 4 is 6.29 Å². The summed E-state index contributed by atoms with van der Waals surface area (Å²) in [5, 5.41) is 43.5. The normalized spacial score (nSPS) is 19.5. The Morgan fingerprint density at radius 3 is 1.85 bits per heavy atom. The Kier molecular flexibility index (Phi) is 9.40. The summed E-state index contributed by atoms with van der Waals surface area (Å²) in [6, 6.07) is 0. The zero-order chi connectivity index (χ0) is 9.72. The first-order valence-electron chi connectivity index (χ1n) is 3.33. The van der Waals surface area contributed by atoms with E-state index in [1.807, 2.05) is 0 Å². The van der Waals surface area contributed by atoms with Crippen molar-refractivity contribution in [2.75, 3.05) is 6.61 Å². The SMILES string of the molecule is O=CC(O)C(O)C(O)C(O)CO.[Zr]. The van der Waals surface area contributed by atoms with Crippen molar-refractivity contribution in [1.82, 2.24) is 0 Å². The van der Waals surface area contributed by atoms with Crippen molar-refractivity contribution in [2.45, 2.75) is 24.4 Å². The van der Waals surface area contributed by atoms with Crippen LogP contribution < -0.4 is 0 Å². The van der Waals surface area contributed by atoms with Crippen LogP contribution in [0.1, 0.15) is 0 Å². The topological polar surface area (TPSA) is 118 Å². The molecule has 0 aromatic carbocycles. The van der Waals surface area contributed by atoms with Crippen molar-refractivity contribution in [1.29, 1.82) is 0 Å². The van der Waals surface area contributed by atoms with E-state index in [4.69, 9.17) is 25.5 Å². The third kappa shape index (κ3) is 4.95. The van der Waals surface area contributed by atoms with Gasteiger partial charge >= 0.3 is 0 Å². The smallest absolute Gasteiger partial charge is 0.151 e. The predicted molar refractivity (Wildman–Crippen MR) is 37.2 cm³/mol. The summed E-state index contributed by atoms with van der Waals surface area (Å²) in [5.74, 6) is 0. The molecule has 0 aromatic rings. The Hall–Kier alpha value is 0.353. The molecular formula is C6H12O6Zr. The minimum atomic E-state index is -1.79. The van der Waals surface area contributed by atoms with Gasteiger partial charge in [0.05, 0.1) is 6.61 Å². The van der Waals surface area contributed by atoms with Gasteiger partial charge in [-0.25, -0.2) is 0 Å². The molecule has 0 radical (unpaired) electrons. The van der Waals surface area contributed by atoms with Crippen LogP contribution in [-0.2, 0) is 31.0 Å². The molecule has 0 bridgehead atoms. The average molecular weight is 271 g/mol. The number of aldehydes is 1. The van der Waals surface area contributed by atoms with Gasteiger partial charge in [0.2, 0.25) is 0 Å². The van der Waals surface area contributed by atoms with Crippen molar-refractivity contribution in [3.8, 4) is 0 Å². The van der Waals surface area contributed by atoms with Crippen LogP contribution in [0.2, 0.25) is 0 Å². The molecule has 13 heavy (non-hydrogen) atoms. The maximum Gasteiger partial charge on any atom is 0.151 e. The molecule has 4 unspecified atom stereocenters. The minimum Gasteiger partial charge on any atom is -0.394 e. The molecule has 0 spiro atoms. The van der Waals surface area contributed by atoms with E-state index in [-0.39, 0.29) is 32.5 Å². The number of carbonyl (C=O) groups is 1. The van der Waals surface area contributed by atoms with E-state index in [9.17, 15) is 4.79 Å². The summed E-state index contributed by atoms with van der Waals surface area (Å²) in [6.07, 6.45) is -6.84. The van der Waals surface area contributed by atoms with Crippen molar-refractivity contribution < 1.29 is 56.5 Å². The van der Waals surface area contributed by atoms with Gasteiger partial charge in [-0.15, -0.1) is 0 Å². The van der Waals surface area contributed by atoms with Crippen LogP contribution >= 0.6 is 0 Å². The third-order valence-corrected chi connectivity index (χ3v) is 1.42. The van der Waals surface area contributed by atoms with Gasteiger partial charge in [0.25, 0.3) is 0 Å². The van der Waals surface area contributed by atoms with Crippen LogP contribution in [0.25, 0.3) is 0 Å². The summed E-state index contributed by atoms with van der Waals surface area (Å²) in [6.45, 7) is -0.760. The fraction of sp³-hybridized carbons (Fsp3) is 0.833. The van der Waals surface area contributed by atoms with Crippen LogP contribution in [0.5, 0.6) is 0 Å². The van der Waals surface area contributed by atoms with Crippen LogP contribution in [0, 0.1) is 0 Å². The Balaban J connectivity index is 0. The molecule has 0 heterocycles. The van der Waals surface area contributed by atoms with Crippen molar-refractivity contribution in [3.05, 3.63) is 0 Å². The molecule has 0 saturated heterocycles. The molecule has 0 aliphatic rings. The molecule has 5 N–H and O–H groups in total. The Morgan fingerprint density at radius 1 is 1.08 bits per heavy atom. The second kappa shape index (κ2) is 7.73. The maximum atomic E-state index is 9.90. The fourth-order valence-corrected chi connectivity index (χ4v) is 0.618. The second-order valence-electron chi connectivity index (χ2n) is 2.36. The molecule has 7 heteroatoms. The van der Waals surface area contributed by atoms with Crippen LogP contribution in [0.4, 0.5) is 0 Å². The van der Waals surface area contributed by atoms with E-state index in [0.717, 1.165) is 0 Å². The van der Waals surface area contributed by atoms with Gasteiger partial charge in [-0.2, -0.15) is 0 Å². The summed E-state index contributed by atoms with van der Waals surface area (Å²) >= 11 is 0. The zero-order valence-electron chi connectivity index (χ0n) is 6.74. The molecular weight excluding hydrogens is 259 g/mol. The van der Waals surface area contributed by atoms with Gasteiger partial charge in [-0.05, 0) is 0 Å². The molecule has 76 valence electrons. The molecule has 0 aromatic heterocycles. The van der Waals surface area contributed by atoms with Crippen molar-refractivity contribution in [3.63, 3.8) is 0 Å². The Morgan fingerprint density at radius 2 is 1.54 bits per heavy atom. The van der Waals surface area contributed by atoms with Gasteiger partial charge in [0, 0.05) is 26.2 Å². The Bertz CT molecular complexity index is 143. The van der Waals surface area contributed by atoms with E-state index < -0.39 is 31.0 Å². The van der Waals surface area contributed by atoms with Crippen LogP contribution in [0.15, 0.2) is 0 Å². The second-order valence-corrected chi connectivity index (χ2v) is 2.36. The molecule has 0 rings (SSSR count). The monoisotopic (exact) mass is 270 g/mol. The van der Waals surface area contributed by atoms with Gasteiger partial charge < -0.3 is 30.3 Å². The van der Waals surface area contributed by atoms with E-state index in [0.29, 0.717) is 0 Å². The molecule has 0 aliphatic carbocycles. The predicted octanol–water partition coefficient (Wildman–Crippen LogP) is -3.38. The maximum absolute atomic E-state index is 9.90. The molecule has 0 amide bonds. The molecule has 0 saturated carbocycles. The summed E-state index contributed by atoms with van der Waals surface area (Å²) in [4.78, 5) is 9.90. The van der Waals surface area contributed by atoms with Gasteiger partial charge in [-0.1, -0.05) is 0 Å². The number of hydrogen-bond donors (Lipinski definition) is 5. The first kappa shape index (κ1) is 15.8. The zero-order valence-corrected chi connectivity index (χ0v) is 9.20. The molecule has 0 fully saturated rings. The molecule has 0 aliphatic heterocycles. The van der Waals surface area contributed by atoms with Crippen LogP contribution in [-0.4, -0.2) is 62.8 Å².